The minimum Gasteiger partial charge on any atom is -0.356 e. The molecule has 0 saturated heterocycles. The van der Waals surface area contributed by atoms with Crippen molar-refractivity contribution in [3.8, 4) is 5.69 Å². The molecule has 118 valence electrons. The highest BCUT2D eigenvalue weighted by Gasteiger charge is 2.14. The first-order valence-corrected chi connectivity index (χ1v) is 7.07. The molecule has 0 aliphatic rings. The SMILES string of the molecule is CC(=O)NCCc1nc2cc(F)ccc2n1-c1cncc(F)c1. The lowest BCUT2D eigenvalue weighted by Crippen LogP contribution is -2.23. The standard InChI is InChI=1S/C16H14F2N4O/c1-10(23)20-5-4-16-21-14-7-11(17)2-3-15(14)22(16)13-6-12(18)8-19-9-13/h2-3,6-9H,4-5H2,1H3,(H,20,23). The van der Waals surface area contributed by atoms with Gasteiger partial charge in [0, 0.05) is 32.0 Å². The molecule has 1 aromatic carbocycles. The van der Waals surface area contributed by atoms with Gasteiger partial charge in [-0.1, -0.05) is 0 Å². The lowest BCUT2D eigenvalue weighted by molar-refractivity contribution is -0.118. The maximum absolute atomic E-state index is 13.5. The van der Waals surface area contributed by atoms with E-state index in [4.69, 9.17) is 0 Å². The molecule has 0 atom stereocenters. The number of pyridine rings is 1. The van der Waals surface area contributed by atoms with Crippen LogP contribution in [0.5, 0.6) is 0 Å². The summed E-state index contributed by atoms with van der Waals surface area (Å²) in [7, 11) is 0. The van der Waals surface area contributed by atoms with Crippen LogP contribution in [0.4, 0.5) is 8.78 Å². The van der Waals surface area contributed by atoms with Gasteiger partial charge in [-0.3, -0.25) is 14.3 Å². The fourth-order valence-corrected chi connectivity index (χ4v) is 2.43. The first-order chi connectivity index (χ1) is 11.0. The van der Waals surface area contributed by atoms with E-state index in [1.165, 1.54) is 31.3 Å². The lowest BCUT2D eigenvalue weighted by Gasteiger charge is -2.09. The molecule has 5 nitrogen and oxygen atoms in total. The molecule has 0 fully saturated rings. The second-order valence-electron chi connectivity index (χ2n) is 5.09. The van der Waals surface area contributed by atoms with Gasteiger partial charge in [0.1, 0.15) is 17.5 Å². The van der Waals surface area contributed by atoms with Crippen molar-refractivity contribution >= 4 is 16.9 Å². The molecule has 23 heavy (non-hydrogen) atoms. The van der Waals surface area contributed by atoms with Crippen LogP contribution in [-0.2, 0) is 11.2 Å². The van der Waals surface area contributed by atoms with Gasteiger partial charge in [0.2, 0.25) is 5.91 Å². The highest BCUT2D eigenvalue weighted by molar-refractivity contribution is 5.78. The fourth-order valence-electron chi connectivity index (χ4n) is 2.43. The van der Waals surface area contributed by atoms with E-state index in [0.717, 1.165) is 6.20 Å². The molecule has 0 spiro atoms. The van der Waals surface area contributed by atoms with Crippen molar-refractivity contribution in [1.29, 1.82) is 0 Å². The Morgan fingerprint density at radius 2 is 2.04 bits per heavy atom. The molecule has 3 aromatic rings. The molecule has 0 bridgehead atoms. The molecule has 0 aliphatic carbocycles. The number of hydrogen-bond acceptors (Lipinski definition) is 3. The van der Waals surface area contributed by atoms with E-state index in [1.807, 2.05) is 0 Å². The third-order valence-corrected chi connectivity index (χ3v) is 3.36. The summed E-state index contributed by atoms with van der Waals surface area (Å²) in [5.41, 5.74) is 1.61. The van der Waals surface area contributed by atoms with Crippen LogP contribution in [0.25, 0.3) is 16.7 Å². The zero-order valence-corrected chi connectivity index (χ0v) is 12.4. The van der Waals surface area contributed by atoms with Gasteiger partial charge in [0.05, 0.1) is 29.1 Å². The van der Waals surface area contributed by atoms with Gasteiger partial charge in [-0.15, -0.1) is 0 Å². The van der Waals surface area contributed by atoms with Crippen LogP contribution in [0.15, 0.2) is 36.7 Å². The number of hydrogen-bond donors (Lipinski definition) is 1. The number of rotatable bonds is 4. The summed E-state index contributed by atoms with van der Waals surface area (Å²) < 4.78 is 28.6. The average Bonchev–Trinajstić information content (AvgIpc) is 2.84. The van der Waals surface area contributed by atoms with E-state index in [9.17, 15) is 13.6 Å². The number of nitrogens with one attached hydrogen (secondary N) is 1. The van der Waals surface area contributed by atoms with Crippen molar-refractivity contribution in [2.75, 3.05) is 6.54 Å². The normalized spacial score (nSPS) is 10.9. The molecular formula is C16H14F2N4O. The molecule has 3 rings (SSSR count). The van der Waals surface area contributed by atoms with Gasteiger partial charge < -0.3 is 5.32 Å². The Hall–Kier alpha value is -2.83. The van der Waals surface area contributed by atoms with Gasteiger partial charge in [-0.25, -0.2) is 13.8 Å². The second-order valence-corrected chi connectivity index (χ2v) is 5.09. The molecular weight excluding hydrogens is 302 g/mol. The molecule has 0 aliphatic heterocycles. The smallest absolute Gasteiger partial charge is 0.216 e. The van der Waals surface area contributed by atoms with Crippen molar-refractivity contribution < 1.29 is 13.6 Å². The van der Waals surface area contributed by atoms with Crippen LogP contribution < -0.4 is 5.32 Å². The van der Waals surface area contributed by atoms with Gasteiger partial charge in [-0.2, -0.15) is 0 Å². The number of amides is 1. The number of benzene rings is 1. The van der Waals surface area contributed by atoms with Gasteiger partial charge >= 0.3 is 0 Å². The summed E-state index contributed by atoms with van der Waals surface area (Å²) in [6.45, 7) is 1.80. The minimum absolute atomic E-state index is 0.147. The summed E-state index contributed by atoms with van der Waals surface area (Å²) in [5.74, 6) is -0.426. The summed E-state index contributed by atoms with van der Waals surface area (Å²) in [6.07, 6.45) is 3.04. The number of fused-ring (bicyclic) bond motifs is 1. The van der Waals surface area contributed by atoms with Gasteiger partial charge in [0.25, 0.3) is 0 Å². The van der Waals surface area contributed by atoms with E-state index >= 15 is 0 Å². The monoisotopic (exact) mass is 316 g/mol. The van der Waals surface area contributed by atoms with Crippen LogP contribution >= 0.6 is 0 Å². The second kappa shape index (κ2) is 6.12. The first-order valence-electron chi connectivity index (χ1n) is 7.07. The highest BCUT2D eigenvalue weighted by atomic mass is 19.1. The zero-order valence-electron chi connectivity index (χ0n) is 12.4. The lowest BCUT2D eigenvalue weighted by atomic mass is 10.3. The molecule has 0 unspecified atom stereocenters. The quantitative estimate of drug-likeness (QED) is 0.804. The Kier molecular flexibility index (Phi) is 4.01. The molecule has 0 radical (unpaired) electrons. The predicted molar refractivity (Wildman–Crippen MR) is 81.2 cm³/mol. The molecule has 1 amide bonds. The molecule has 7 heteroatoms. The Labute approximate surface area is 131 Å². The minimum atomic E-state index is -0.473. The Bertz CT molecular complexity index is 876. The van der Waals surface area contributed by atoms with Crippen LogP contribution in [0.2, 0.25) is 0 Å². The van der Waals surface area contributed by atoms with Crippen LogP contribution in [-0.4, -0.2) is 27.0 Å². The molecule has 2 aromatic heterocycles. The third-order valence-electron chi connectivity index (χ3n) is 3.36. The molecule has 1 N–H and O–H groups in total. The third kappa shape index (κ3) is 3.18. The maximum Gasteiger partial charge on any atom is 0.216 e. The highest BCUT2D eigenvalue weighted by Crippen LogP contribution is 2.22. The van der Waals surface area contributed by atoms with Gasteiger partial charge in [-0.05, 0) is 12.1 Å². The van der Waals surface area contributed by atoms with Gasteiger partial charge in [0.15, 0.2) is 0 Å². The summed E-state index contributed by atoms with van der Waals surface area (Å²) in [6, 6.07) is 5.56. The number of aromatic nitrogens is 3. The van der Waals surface area contributed by atoms with E-state index in [2.05, 4.69) is 15.3 Å². The van der Waals surface area contributed by atoms with E-state index in [0.29, 0.717) is 35.5 Å². The van der Waals surface area contributed by atoms with E-state index < -0.39 is 11.6 Å². The molecule has 2 heterocycles. The number of imidazole rings is 1. The Morgan fingerprint density at radius 1 is 1.22 bits per heavy atom. The van der Waals surface area contributed by atoms with Crippen LogP contribution in [0.3, 0.4) is 0 Å². The van der Waals surface area contributed by atoms with Crippen molar-refractivity contribution in [3.63, 3.8) is 0 Å². The zero-order chi connectivity index (χ0) is 16.4. The summed E-state index contributed by atoms with van der Waals surface area (Å²) in [5, 5.41) is 2.68. The Balaban J connectivity index is 2.10. The fraction of sp³-hybridized carbons (Fsp3) is 0.188. The summed E-state index contributed by atoms with van der Waals surface area (Å²) in [4.78, 5) is 19.2. The first kappa shape index (κ1) is 15.1. The van der Waals surface area contributed by atoms with Crippen molar-refractivity contribution in [2.45, 2.75) is 13.3 Å². The van der Waals surface area contributed by atoms with E-state index in [-0.39, 0.29) is 5.91 Å². The van der Waals surface area contributed by atoms with Crippen molar-refractivity contribution in [3.05, 3.63) is 54.1 Å². The number of halogens is 2. The molecule has 0 saturated carbocycles. The number of nitrogens with zero attached hydrogens (tertiary/aromatic N) is 3. The Morgan fingerprint density at radius 3 is 2.78 bits per heavy atom. The van der Waals surface area contributed by atoms with Crippen LogP contribution in [0.1, 0.15) is 12.7 Å². The number of carbonyl (C=O) groups is 1. The van der Waals surface area contributed by atoms with Crippen molar-refractivity contribution in [1.82, 2.24) is 19.9 Å². The number of carbonyl (C=O) groups excluding carboxylic acids is 1. The maximum atomic E-state index is 13.5. The average molecular weight is 316 g/mol. The summed E-state index contributed by atoms with van der Waals surface area (Å²) >= 11 is 0. The van der Waals surface area contributed by atoms with Crippen molar-refractivity contribution in [2.24, 2.45) is 0 Å². The van der Waals surface area contributed by atoms with E-state index in [1.54, 1.807) is 10.6 Å². The largest absolute Gasteiger partial charge is 0.356 e. The topological polar surface area (TPSA) is 59.8 Å². The predicted octanol–water partition coefficient (Wildman–Crippen LogP) is 2.38. The van der Waals surface area contributed by atoms with Crippen LogP contribution in [0, 0.1) is 11.6 Å².